The number of carboxylic acid groups (broad SMARTS) is 1. The molecule has 1 amide bonds. The van der Waals surface area contributed by atoms with Crippen LogP contribution in [0.4, 0.5) is 0 Å². The Labute approximate surface area is 130 Å². The maximum absolute atomic E-state index is 12.4. The van der Waals surface area contributed by atoms with Gasteiger partial charge in [0.25, 0.3) is 0 Å². The van der Waals surface area contributed by atoms with Crippen LogP contribution in [0.3, 0.4) is 0 Å². The van der Waals surface area contributed by atoms with E-state index in [0.29, 0.717) is 17.9 Å². The van der Waals surface area contributed by atoms with Gasteiger partial charge in [-0.05, 0) is 31.0 Å². The first-order valence-electron chi connectivity index (χ1n) is 7.15. The van der Waals surface area contributed by atoms with Crippen molar-refractivity contribution < 1.29 is 24.2 Å². The summed E-state index contributed by atoms with van der Waals surface area (Å²) in [5.74, 6) is -0.103. The molecule has 1 aromatic carbocycles. The Balaban J connectivity index is 2.91. The van der Waals surface area contributed by atoms with Gasteiger partial charge in [0.2, 0.25) is 5.91 Å². The van der Waals surface area contributed by atoms with Crippen LogP contribution in [0, 0.1) is 0 Å². The van der Waals surface area contributed by atoms with Crippen molar-refractivity contribution in [1.82, 2.24) is 4.90 Å². The number of benzene rings is 1. The van der Waals surface area contributed by atoms with Crippen molar-refractivity contribution in [2.24, 2.45) is 0 Å². The zero-order valence-corrected chi connectivity index (χ0v) is 13.5. The molecule has 0 fully saturated rings. The second-order valence-electron chi connectivity index (χ2n) is 5.04. The van der Waals surface area contributed by atoms with Crippen LogP contribution in [0.2, 0.25) is 0 Å². The average Bonchev–Trinajstić information content (AvgIpc) is 2.51. The molecule has 0 spiro atoms. The lowest BCUT2D eigenvalue weighted by Crippen LogP contribution is -2.42. The summed E-state index contributed by atoms with van der Waals surface area (Å²) < 4.78 is 10.4. The Morgan fingerprint density at radius 2 is 1.86 bits per heavy atom. The van der Waals surface area contributed by atoms with Crippen LogP contribution >= 0.6 is 0 Å². The van der Waals surface area contributed by atoms with Crippen LogP contribution in [0.15, 0.2) is 18.2 Å². The van der Waals surface area contributed by atoms with E-state index >= 15 is 0 Å². The molecule has 6 heteroatoms. The number of aliphatic carboxylic acids is 1. The summed E-state index contributed by atoms with van der Waals surface area (Å²) >= 11 is 0. The summed E-state index contributed by atoms with van der Waals surface area (Å²) in [4.78, 5) is 24.7. The van der Waals surface area contributed by atoms with E-state index in [2.05, 4.69) is 0 Å². The van der Waals surface area contributed by atoms with Crippen LogP contribution in [0.1, 0.15) is 25.8 Å². The molecular formula is C16H23NO5. The van der Waals surface area contributed by atoms with Gasteiger partial charge in [-0.1, -0.05) is 13.0 Å². The molecule has 1 unspecified atom stereocenters. The fourth-order valence-electron chi connectivity index (χ4n) is 2.12. The molecule has 122 valence electrons. The molecule has 1 rings (SSSR count). The summed E-state index contributed by atoms with van der Waals surface area (Å²) in [7, 11) is 3.07. The molecule has 0 aliphatic heterocycles. The molecule has 22 heavy (non-hydrogen) atoms. The van der Waals surface area contributed by atoms with Gasteiger partial charge < -0.3 is 19.5 Å². The third-order valence-electron chi connectivity index (χ3n) is 3.55. The zero-order chi connectivity index (χ0) is 16.7. The van der Waals surface area contributed by atoms with Crippen molar-refractivity contribution in [1.29, 1.82) is 0 Å². The Kier molecular flexibility index (Phi) is 6.69. The van der Waals surface area contributed by atoms with Crippen LogP contribution in [-0.2, 0) is 16.0 Å². The van der Waals surface area contributed by atoms with Gasteiger partial charge in [-0.25, -0.2) is 0 Å². The quantitative estimate of drug-likeness (QED) is 0.794. The van der Waals surface area contributed by atoms with Crippen molar-refractivity contribution in [3.8, 4) is 11.5 Å². The molecule has 0 aliphatic carbocycles. The summed E-state index contributed by atoms with van der Waals surface area (Å²) in [6.07, 6.45) is 0.822. The van der Waals surface area contributed by atoms with E-state index in [1.807, 2.05) is 13.8 Å². The number of hydrogen-bond acceptors (Lipinski definition) is 4. The summed E-state index contributed by atoms with van der Waals surface area (Å²) in [5.41, 5.74) is 0.751. The normalized spacial score (nSPS) is 11.6. The van der Waals surface area contributed by atoms with Gasteiger partial charge in [0.1, 0.15) is 6.54 Å². The van der Waals surface area contributed by atoms with Crippen LogP contribution in [0.25, 0.3) is 0 Å². The monoisotopic (exact) mass is 309 g/mol. The second kappa shape index (κ2) is 8.26. The van der Waals surface area contributed by atoms with Crippen LogP contribution in [-0.4, -0.2) is 48.7 Å². The number of carboxylic acids is 1. The van der Waals surface area contributed by atoms with Crippen molar-refractivity contribution in [3.63, 3.8) is 0 Å². The predicted octanol–water partition coefficient (Wildman–Crippen LogP) is 1.96. The highest BCUT2D eigenvalue weighted by atomic mass is 16.5. The smallest absolute Gasteiger partial charge is 0.323 e. The summed E-state index contributed by atoms with van der Waals surface area (Å²) in [6.45, 7) is 3.47. The minimum Gasteiger partial charge on any atom is -0.493 e. The van der Waals surface area contributed by atoms with E-state index in [9.17, 15) is 9.59 Å². The third-order valence-corrected chi connectivity index (χ3v) is 3.55. The highest BCUT2D eigenvalue weighted by molar-refractivity contribution is 5.83. The Morgan fingerprint density at radius 3 is 2.36 bits per heavy atom. The fourth-order valence-corrected chi connectivity index (χ4v) is 2.12. The molecule has 0 saturated carbocycles. The van der Waals surface area contributed by atoms with E-state index in [-0.39, 0.29) is 24.9 Å². The van der Waals surface area contributed by atoms with Crippen molar-refractivity contribution in [2.45, 2.75) is 32.7 Å². The lowest BCUT2D eigenvalue weighted by Gasteiger charge is -2.27. The maximum atomic E-state index is 12.4. The molecule has 0 saturated heterocycles. The fraction of sp³-hybridized carbons (Fsp3) is 0.500. The SMILES string of the molecule is CCC(C)N(CC(=O)O)C(=O)Cc1ccc(OC)c(OC)c1. The molecule has 1 N–H and O–H groups in total. The highest BCUT2D eigenvalue weighted by Crippen LogP contribution is 2.27. The first-order valence-corrected chi connectivity index (χ1v) is 7.15. The lowest BCUT2D eigenvalue weighted by atomic mass is 10.1. The van der Waals surface area contributed by atoms with E-state index in [1.54, 1.807) is 25.3 Å². The van der Waals surface area contributed by atoms with Gasteiger partial charge in [0.05, 0.1) is 20.6 Å². The van der Waals surface area contributed by atoms with E-state index < -0.39 is 5.97 Å². The molecule has 0 heterocycles. The van der Waals surface area contributed by atoms with Gasteiger partial charge >= 0.3 is 5.97 Å². The highest BCUT2D eigenvalue weighted by Gasteiger charge is 2.22. The van der Waals surface area contributed by atoms with Crippen molar-refractivity contribution in [3.05, 3.63) is 23.8 Å². The molecule has 0 aromatic heterocycles. The van der Waals surface area contributed by atoms with E-state index in [4.69, 9.17) is 14.6 Å². The van der Waals surface area contributed by atoms with Gasteiger partial charge in [-0.15, -0.1) is 0 Å². The molecule has 1 aromatic rings. The summed E-state index contributed by atoms with van der Waals surface area (Å²) in [5, 5.41) is 8.96. The van der Waals surface area contributed by atoms with E-state index in [0.717, 1.165) is 5.56 Å². The number of ether oxygens (including phenoxy) is 2. The second-order valence-corrected chi connectivity index (χ2v) is 5.04. The van der Waals surface area contributed by atoms with Crippen molar-refractivity contribution >= 4 is 11.9 Å². The largest absolute Gasteiger partial charge is 0.493 e. The molecular weight excluding hydrogens is 286 g/mol. The van der Waals surface area contributed by atoms with Crippen molar-refractivity contribution in [2.75, 3.05) is 20.8 Å². The lowest BCUT2D eigenvalue weighted by molar-refractivity contribution is -0.145. The molecule has 1 atom stereocenters. The van der Waals surface area contributed by atoms with Crippen LogP contribution < -0.4 is 9.47 Å². The number of methoxy groups -OCH3 is 2. The minimum absolute atomic E-state index is 0.122. The number of carbonyl (C=O) groups excluding carboxylic acids is 1. The number of nitrogens with zero attached hydrogens (tertiary/aromatic N) is 1. The van der Waals surface area contributed by atoms with Gasteiger partial charge in [-0.3, -0.25) is 9.59 Å². The summed E-state index contributed by atoms with van der Waals surface area (Å²) in [6, 6.07) is 5.11. The minimum atomic E-state index is -1.01. The zero-order valence-electron chi connectivity index (χ0n) is 13.5. The Morgan fingerprint density at radius 1 is 1.23 bits per heavy atom. The molecule has 0 aliphatic rings. The Bertz CT molecular complexity index is 529. The Hall–Kier alpha value is -2.24. The van der Waals surface area contributed by atoms with E-state index in [1.165, 1.54) is 12.0 Å². The number of hydrogen-bond donors (Lipinski definition) is 1. The first-order chi connectivity index (χ1) is 10.4. The maximum Gasteiger partial charge on any atom is 0.323 e. The molecule has 0 radical (unpaired) electrons. The number of rotatable bonds is 8. The third kappa shape index (κ3) is 4.65. The first kappa shape index (κ1) is 17.8. The average molecular weight is 309 g/mol. The van der Waals surface area contributed by atoms with Crippen LogP contribution in [0.5, 0.6) is 11.5 Å². The standard InChI is InChI=1S/C16H23NO5/c1-5-11(2)17(10-16(19)20)15(18)9-12-6-7-13(21-3)14(8-12)22-4/h6-8,11H,5,9-10H2,1-4H3,(H,19,20). The van der Waals surface area contributed by atoms with Gasteiger partial charge in [0, 0.05) is 6.04 Å². The molecule has 0 bridgehead atoms. The van der Waals surface area contributed by atoms with Gasteiger partial charge in [0.15, 0.2) is 11.5 Å². The van der Waals surface area contributed by atoms with Gasteiger partial charge in [-0.2, -0.15) is 0 Å². The topological polar surface area (TPSA) is 76.1 Å². The number of amides is 1. The number of carbonyl (C=O) groups is 2. The predicted molar refractivity (Wildman–Crippen MR) is 82.4 cm³/mol. The molecule has 6 nitrogen and oxygen atoms in total.